The molecule has 0 amide bonds. The van der Waals surface area contributed by atoms with E-state index >= 15 is 0 Å². The maximum absolute atomic E-state index is 12.6. The summed E-state index contributed by atoms with van der Waals surface area (Å²) in [7, 11) is 0. The van der Waals surface area contributed by atoms with Gasteiger partial charge in [0.15, 0.2) is 0 Å². The summed E-state index contributed by atoms with van der Waals surface area (Å²) in [5.74, 6) is -0.0145. The first kappa shape index (κ1) is 28.1. The first-order valence-electron chi connectivity index (χ1n) is 14.2. The molecular weight excluding hydrogens is 504 g/mol. The van der Waals surface area contributed by atoms with Gasteiger partial charge >= 0.3 is 0 Å². The number of nitrogens with zero attached hydrogens (tertiary/aromatic N) is 2. The summed E-state index contributed by atoms with van der Waals surface area (Å²) in [6.07, 6.45) is 8.38. The molecule has 0 radical (unpaired) electrons. The van der Waals surface area contributed by atoms with E-state index in [0.29, 0.717) is 11.3 Å². The zero-order chi connectivity index (χ0) is 28.4. The number of carbonyl (C=O) groups is 1. The molecule has 0 bridgehead atoms. The average molecular weight is 541 g/mol. The molecule has 0 fully saturated rings. The Balaban J connectivity index is 0.000000165. The van der Waals surface area contributed by atoms with Gasteiger partial charge in [-0.2, -0.15) is 0 Å². The van der Waals surface area contributed by atoms with Crippen LogP contribution in [0.4, 0.5) is 0 Å². The number of pyridine rings is 2. The van der Waals surface area contributed by atoms with Gasteiger partial charge in [0.2, 0.25) is 5.78 Å². The molecule has 5 nitrogen and oxygen atoms in total. The summed E-state index contributed by atoms with van der Waals surface area (Å²) in [6, 6.07) is 27.9. The van der Waals surface area contributed by atoms with Crippen LogP contribution in [0.5, 0.6) is 0 Å². The van der Waals surface area contributed by atoms with Crippen molar-refractivity contribution >= 4 is 23.0 Å². The second kappa shape index (κ2) is 13.8. The van der Waals surface area contributed by atoms with E-state index in [1.165, 1.54) is 16.7 Å². The number of aromatic nitrogens is 2. The second-order valence-electron chi connectivity index (χ2n) is 10.1. The van der Waals surface area contributed by atoms with Gasteiger partial charge in [-0.3, -0.25) is 4.79 Å². The summed E-state index contributed by atoms with van der Waals surface area (Å²) in [6.45, 7) is 9.61. The van der Waals surface area contributed by atoms with Crippen LogP contribution < -0.4 is 10.6 Å². The molecule has 0 spiro atoms. The van der Waals surface area contributed by atoms with E-state index in [0.717, 1.165) is 67.2 Å². The van der Waals surface area contributed by atoms with Crippen LogP contribution in [0.15, 0.2) is 104 Å². The topological polar surface area (TPSA) is 66.9 Å². The standard InChI is InChI=1S/C18H18N2O.C18H18N2/c1-13-9-10-16(15-8-5-11-19-12-15)20-17(13)18(21)14-6-3-2-4-7-14;1-2-17-16(14-7-4-3-5-8-14)10-11-18(20-17)15-9-6-12-19-13-15/h2-4,6-10,19H,5,11-12H2,1H3;2-5,7-11,19H,1,6,12-13H2. The Labute approximate surface area is 242 Å². The lowest BCUT2D eigenvalue weighted by atomic mass is 10.0. The fourth-order valence-electron chi connectivity index (χ4n) is 5.01. The van der Waals surface area contributed by atoms with Crippen molar-refractivity contribution in [2.24, 2.45) is 0 Å². The van der Waals surface area contributed by atoms with Crippen LogP contribution in [0.2, 0.25) is 0 Å². The van der Waals surface area contributed by atoms with E-state index in [1.54, 1.807) is 0 Å². The Morgan fingerprint density at radius 2 is 1.34 bits per heavy atom. The average Bonchev–Trinajstić information content (AvgIpc) is 3.06. The molecule has 2 aromatic heterocycles. The molecule has 5 heteroatoms. The number of hydrogen-bond donors (Lipinski definition) is 2. The Hall–Kier alpha value is -4.45. The van der Waals surface area contributed by atoms with E-state index in [4.69, 9.17) is 4.98 Å². The zero-order valence-corrected chi connectivity index (χ0v) is 23.6. The van der Waals surface area contributed by atoms with Gasteiger partial charge in [0, 0.05) is 24.2 Å². The minimum absolute atomic E-state index is 0.0145. The zero-order valence-electron chi connectivity index (χ0n) is 23.6. The number of nitrogens with one attached hydrogen (secondary N) is 2. The van der Waals surface area contributed by atoms with Crippen molar-refractivity contribution in [1.29, 1.82) is 0 Å². The molecule has 6 rings (SSSR count). The molecule has 0 saturated heterocycles. The van der Waals surface area contributed by atoms with Crippen LogP contribution >= 0.6 is 0 Å². The molecule has 2 aromatic carbocycles. The van der Waals surface area contributed by atoms with Crippen molar-refractivity contribution < 1.29 is 4.79 Å². The van der Waals surface area contributed by atoms with E-state index < -0.39 is 0 Å². The number of carbonyl (C=O) groups excluding carboxylic acids is 1. The van der Waals surface area contributed by atoms with Gasteiger partial charge in [-0.1, -0.05) is 91.5 Å². The fourth-order valence-corrected chi connectivity index (χ4v) is 5.01. The Kier molecular flexibility index (Phi) is 9.42. The lowest BCUT2D eigenvalue weighted by Gasteiger charge is -2.15. The third-order valence-corrected chi connectivity index (χ3v) is 7.26. The van der Waals surface area contributed by atoms with Gasteiger partial charge in [0.05, 0.1) is 17.1 Å². The van der Waals surface area contributed by atoms with E-state index in [1.807, 2.05) is 73.7 Å². The Morgan fingerprint density at radius 1 is 0.756 bits per heavy atom. The van der Waals surface area contributed by atoms with Crippen molar-refractivity contribution in [2.75, 3.05) is 26.2 Å². The molecular formula is C36H36N4O. The highest BCUT2D eigenvalue weighted by Gasteiger charge is 2.16. The molecule has 4 aromatic rings. The summed E-state index contributed by atoms with van der Waals surface area (Å²) in [4.78, 5) is 22.0. The smallest absolute Gasteiger partial charge is 0.211 e. The van der Waals surface area contributed by atoms with Crippen LogP contribution in [-0.2, 0) is 0 Å². The van der Waals surface area contributed by atoms with Crippen molar-refractivity contribution in [3.63, 3.8) is 0 Å². The van der Waals surface area contributed by atoms with Crippen LogP contribution in [0.25, 0.3) is 28.3 Å². The summed E-state index contributed by atoms with van der Waals surface area (Å²) in [5.41, 5.74) is 9.79. The van der Waals surface area contributed by atoms with Crippen LogP contribution in [0.1, 0.15) is 51.5 Å². The van der Waals surface area contributed by atoms with Crippen LogP contribution in [0, 0.1) is 6.92 Å². The first-order valence-corrected chi connectivity index (χ1v) is 14.2. The molecule has 0 saturated carbocycles. The number of ketones is 1. The molecule has 4 heterocycles. The molecule has 0 atom stereocenters. The highest BCUT2D eigenvalue weighted by Crippen LogP contribution is 2.26. The summed E-state index contributed by atoms with van der Waals surface area (Å²) >= 11 is 0. The molecule has 0 unspecified atom stereocenters. The quantitative estimate of drug-likeness (QED) is 0.264. The first-order chi connectivity index (χ1) is 20.1. The summed E-state index contributed by atoms with van der Waals surface area (Å²) in [5, 5.41) is 6.72. The number of rotatable bonds is 6. The third-order valence-electron chi connectivity index (χ3n) is 7.26. The van der Waals surface area contributed by atoms with Gasteiger partial charge in [-0.15, -0.1) is 0 Å². The minimum Gasteiger partial charge on any atom is -0.312 e. The molecule has 2 aliphatic rings. The van der Waals surface area contributed by atoms with Gasteiger partial charge < -0.3 is 10.6 Å². The van der Waals surface area contributed by atoms with Gasteiger partial charge in [-0.05, 0) is 73.3 Å². The van der Waals surface area contributed by atoms with Gasteiger partial charge in [0.25, 0.3) is 0 Å². The van der Waals surface area contributed by atoms with Crippen LogP contribution in [-0.4, -0.2) is 41.9 Å². The van der Waals surface area contributed by atoms with E-state index in [2.05, 4.69) is 58.6 Å². The predicted octanol–water partition coefficient (Wildman–Crippen LogP) is 6.77. The molecule has 0 aliphatic carbocycles. The SMILES string of the molecule is C=Cc1nc(C2=CCCNC2)ccc1-c1ccccc1.Cc1ccc(C2=CCCNC2)nc1C(=O)c1ccccc1. The maximum atomic E-state index is 12.6. The lowest BCUT2D eigenvalue weighted by Crippen LogP contribution is -2.22. The second-order valence-corrected chi connectivity index (χ2v) is 10.1. The predicted molar refractivity (Wildman–Crippen MR) is 170 cm³/mol. The van der Waals surface area contributed by atoms with Crippen molar-refractivity contribution in [3.05, 3.63) is 138 Å². The minimum atomic E-state index is -0.0145. The normalized spacial score (nSPS) is 14.7. The molecule has 41 heavy (non-hydrogen) atoms. The van der Waals surface area contributed by atoms with E-state index in [9.17, 15) is 4.79 Å². The lowest BCUT2D eigenvalue weighted by molar-refractivity contribution is 0.103. The Bertz CT molecular complexity index is 1570. The van der Waals surface area contributed by atoms with E-state index in [-0.39, 0.29) is 5.78 Å². The molecule has 2 N–H and O–H groups in total. The highest BCUT2D eigenvalue weighted by molar-refractivity contribution is 6.08. The van der Waals surface area contributed by atoms with Crippen LogP contribution in [0.3, 0.4) is 0 Å². The molecule has 2 aliphatic heterocycles. The highest BCUT2D eigenvalue weighted by atomic mass is 16.1. The monoisotopic (exact) mass is 540 g/mol. The largest absolute Gasteiger partial charge is 0.312 e. The number of aryl methyl sites for hydroxylation is 1. The van der Waals surface area contributed by atoms with Crippen molar-refractivity contribution in [2.45, 2.75) is 19.8 Å². The fraction of sp³-hybridized carbons (Fsp3) is 0.194. The van der Waals surface area contributed by atoms with Gasteiger partial charge in [-0.25, -0.2) is 9.97 Å². The van der Waals surface area contributed by atoms with Gasteiger partial charge in [0.1, 0.15) is 5.69 Å². The molecule has 206 valence electrons. The third kappa shape index (κ3) is 7.01. The number of benzene rings is 2. The summed E-state index contributed by atoms with van der Waals surface area (Å²) < 4.78 is 0. The van der Waals surface area contributed by atoms with Crippen molar-refractivity contribution in [3.8, 4) is 11.1 Å². The Morgan fingerprint density at radius 3 is 1.93 bits per heavy atom. The number of hydrogen-bond acceptors (Lipinski definition) is 5. The van der Waals surface area contributed by atoms with Crippen molar-refractivity contribution in [1.82, 2.24) is 20.6 Å². The maximum Gasteiger partial charge on any atom is 0.211 e.